The summed E-state index contributed by atoms with van der Waals surface area (Å²) in [5.41, 5.74) is 1.23. The maximum absolute atomic E-state index is 12.4. The summed E-state index contributed by atoms with van der Waals surface area (Å²) in [6, 6.07) is 10.5. The van der Waals surface area contributed by atoms with Gasteiger partial charge in [0.25, 0.3) is 0 Å². The molecule has 2 aliphatic rings. The van der Waals surface area contributed by atoms with Crippen LogP contribution in [-0.4, -0.2) is 68.7 Å². The summed E-state index contributed by atoms with van der Waals surface area (Å²) >= 11 is 0. The average Bonchev–Trinajstić information content (AvgIpc) is 2.62. The lowest BCUT2D eigenvalue weighted by Gasteiger charge is -2.40. The molecule has 0 aromatic heterocycles. The third-order valence-electron chi connectivity index (χ3n) is 5.47. The molecule has 3 atom stereocenters. The molecule has 2 saturated heterocycles. The number of ether oxygens (including phenoxy) is 1. The molecule has 2 heterocycles. The molecule has 0 bridgehead atoms. The molecule has 0 saturated carbocycles. The van der Waals surface area contributed by atoms with E-state index in [1.54, 1.807) is 0 Å². The zero-order valence-electron chi connectivity index (χ0n) is 15.5. The van der Waals surface area contributed by atoms with Crippen molar-refractivity contribution in [3.05, 3.63) is 35.9 Å². The minimum absolute atomic E-state index is 0.123. The highest BCUT2D eigenvalue weighted by atomic mass is 16.5. The van der Waals surface area contributed by atoms with E-state index in [9.17, 15) is 4.79 Å². The van der Waals surface area contributed by atoms with Gasteiger partial charge in [-0.2, -0.15) is 0 Å². The highest BCUT2D eigenvalue weighted by molar-refractivity contribution is 5.78. The van der Waals surface area contributed by atoms with Crippen LogP contribution in [0, 0.1) is 5.92 Å². The normalized spacial score (nSPS) is 25.4. The van der Waals surface area contributed by atoms with Crippen molar-refractivity contribution in [1.82, 2.24) is 15.1 Å². The summed E-state index contributed by atoms with van der Waals surface area (Å²) in [7, 11) is 4.11. The largest absolute Gasteiger partial charge is 0.378 e. The molecule has 0 radical (unpaired) electrons. The molecule has 2 aliphatic heterocycles. The molecule has 0 spiro atoms. The second-order valence-corrected chi connectivity index (χ2v) is 7.53. The number of benzene rings is 1. The number of fused-ring (bicyclic) bond motifs is 1. The zero-order chi connectivity index (χ0) is 17.6. The second-order valence-electron chi connectivity index (χ2n) is 7.53. The van der Waals surface area contributed by atoms with Crippen LogP contribution in [0.4, 0.5) is 0 Å². The molecular weight excluding hydrogens is 314 g/mol. The van der Waals surface area contributed by atoms with Crippen molar-refractivity contribution in [3.8, 4) is 0 Å². The van der Waals surface area contributed by atoms with Gasteiger partial charge in [-0.25, -0.2) is 0 Å². The van der Waals surface area contributed by atoms with Crippen LogP contribution in [0.15, 0.2) is 30.3 Å². The van der Waals surface area contributed by atoms with Gasteiger partial charge >= 0.3 is 0 Å². The number of carbonyl (C=O) groups is 1. The molecule has 1 N–H and O–H groups in total. The third-order valence-corrected chi connectivity index (χ3v) is 5.47. The van der Waals surface area contributed by atoms with Gasteiger partial charge in [-0.1, -0.05) is 30.3 Å². The summed E-state index contributed by atoms with van der Waals surface area (Å²) in [5.74, 6) is 0.729. The number of likely N-dealkylation sites (N-methyl/N-ethyl adjacent to an activating group) is 1. The summed E-state index contributed by atoms with van der Waals surface area (Å²) < 4.78 is 5.86. The van der Waals surface area contributed by atoms with Crippen molar-refractivity contribution in [2.45, 2.75) is 31.4 Å². The number of hydrogen-bond donors (Lipinski definition) is 1. The fourth-order valence-corrected chi connectivity index (χ4v) is 4.05. The Balaban J connectivity index is 1.47. The first-order valence-corrected chi connectivity index (χ1v) is 9.45. The number of nitrogens with zero attached hydrogens (tertiary/aromatic N) is 2. The van der Waals surface area contributed by atoms with Crippen LogP contribution in [0.2, 0.25) is 0 Å². The van der Waals surface area contributed by atoms with Crippen LogP contribution in [0.25, 0.3) is 0 Å². The first-order chi connectivity index (χ1) is 12.1. The first kappa shape index (κ1) is 18.4. The summed E-state index contributed by atoms with van der Waals surface area (Å²) in [4.78, 5) is 16.9. The quantitative estimate of drug-likeness (QED) is 0.855. The predicted molar refractivity (Wildman–Crippen MR) is 99.4 cm³/mol. The zero-order valence-corrected chi connectivity index (χ0v) is 15.5. The maximum atomic E-state index is 12.4. The minimum atomic E-state index is 0.123. The number of hydrogen-bond acceptors (Lipinski definition) is 4. The Labute approximate surface area is 151 Å². The minimum Gasteiger partial charge on any atom is -0.378 e. The van der Waals surface area contributed by atoms with E-state index in [1.165, 1.54) is 12.0 Å². The molecule has 1 aromatic carbocycles. The van der Waals surface area contributed by atoms with Crippen LogP contribution in [0.1, 0.15) is 30.9 Å². The van der Waals surface area contributed by atoms with Gasteiger partial charge in [0, 0.05) is 26.2 Å². The number of rotatable bonds is 6. The topological polar surface area (TPSA) is 44.8 Å². The fraction of sp³-hybridized carbons (Fsp3) is 0.650. The van der Waals surface area contributed by atoms with Gasteiger partial charge in [0.2, 0.25) is 5.91 Å². The molecule has 3 rings (SSSR count). The molecule has 2 fully saturated rings. The lowest BCUT2D eigenvalue weighted by molar-refractivity contribution is -0.124. The van der Waals surface area contributed by atoms with E-state index in [0.717, 1.165) is 32.5 Å². The molecule has 1 amide bonds. The number of carbonyl (C=O) groups excluding carboxylic acids is 1. The highest BCUT2D eigenvalue weighted by Gasteiger charge is 2.32. The third kappa shape index (κ3) is 5.03. The van der Waals surface area contributed by atoms with Crippen LogP contribution in [-0.2, 0) is 9.53 Å². The number of amides is 1. The van der Waals surface area contributed by atoms with Gasteiger partial charge in [0.15, 0.2) is 0 Å². The van der Waals surface area contributed by atoms with Crippen molar-refractivity contribution in [2.75, 3.05) is 46.9 Å². The number of piperidine rings is 1. The Morgan fingerprint density at radius 3 is 2.88 bits per heavy atom. The Morgan fingerprint density at radius 2 is 2.12 bits per heavy atom. The van der Waals surface area contributed by atoms with Crippen molar-refractivity contribution in [1.29, 1.82) is 0 Å². The average molecular weight is 345 g/mol. The van der Waals surface area contributed by atoms with E-state index >= 15 is 0 Å². The molecule has 1 aromatic rings. The molecule has 25 heavy (non-hydrogen) atoms. The van der Waals surface area contributed by atoms with Gasteiger partial charge in [-0.05, 0) is 44.8 Å². The Kier molecular flexibility index (Phi) is 6.45. The van der Waals surface area contributed by atoms with Gasteiger partial charge in [-0.15, -0.1) is 0 Å². The second kappa shape index (κ2) is 8.79. The summed E-state index contributed by atoms with van der Waals surface area (Å²) in [6.45, 7) is 4.00. The lowest BCUT2D eigenvalue weighted by Crippen LogP contribution is -2.49. The van der Waals surface area contributed by atoms with Crippen molar-refractivity contribution >= 4 is 5.91 Å². The van der Waals surface area contributed by atoms with Crippen LogP contribution >= 0.6 is 0 Å². The molecule has 0 unspecified atom stereocenters. The Morgan fingerprint density at radius 1 is 1.32 bits per heavy atom. The molecule has 5 heteroatoms. The van der Waals surface area contributed by atoms with E-state index in [4.69, 9.17) is 4.74 Å². The SMILES string of the molecule is CN(C)[C@H](CNC(=O)CN1CC[C@@H]2OCCC[C@@H]2C1)c1ccccc1. The van der Waals surface area contributed by atoms with Gasteiger partial charge in [0.1, 0.15) is 0 Å². The number of nitrogens with one attached hydrogen (secondary N) is 1. The Hall–Kier alpha value is -1.43. The van der Waals surface area contributed by atoms with Crippen molar-refractivity contribution in [2.24, 2.45) is 5.92 Å². The summed E-state index contributed by atoms with van der Waals surface area (Å²) in [6.07, 6.45) is 3.87. The lowest BCUT2D eigenvalue weighted by atomic mass is 9.88. The smallest absolute Gasteiger partial charge is 0.234 e. The van der Waals surface area contributed by atoms with Crippen LogP contribution < -0.4 is 5.32 Å². The van der Waals surface area contributed by atoms with E-state index in [2.05, 4.69) is 41.3 Å². The predicted octanol–water partition coefficient (Wildman–Crippen LogP) is 1.91. The summed E-state index contributed by atoms with van der Waals surface area (Å²) in [5, 5.41) is 3.13. The monoisotopic (exact) mass is 345 g/mol. The van der Waals surface area contributed by atoms with Crippen LogP contribution in [0.5, 0.6) is 0 Å². The standard InChI is InChI=1S/C20H31N3O2/c1-22(2)18(16-7-4-3-5-8-16)13-21-20(24)15-23-11-10-19-17(14-23)9-6-12-25-19/h3-5,7-8,17-19H,6,9-15H2,1-2H3,(H,21,24)/t17-,18-,19+/m1/s1. The van der Waals surface area contributed by atoms with Gasteiger partial charge in [-0.3, -0.25) is 9.69 Å². The van der Waals surface area contributed by atoms with Crippen LogP contribution in [0.3, 0.4) is 0 Å². The van der Waals surface area contributed by atoms with E-state index in [-0.39, 0.29) is 11.9 Å². The molecule has 138 valence electrons. The fourth-order valence-electron chi connectivity index (χ4n) is 4.05. The van der Waals surface area contributed by atoms with Crippen molar-refractivity contribution < 1.29 is 9.53 Å². The van der Waals surface area contributed by atoms with E-state index in [0.29, 0.717) is 25.1 Å². The van der Waals surface area contributed by atoms with Crippen molar-refractivity contribution in [3.63, 3.8) is 0 Å². The van der Waals surface area contributed by atoms with Gasteiger partial charge < -0.3 is 15.0 Å². The van der Waals surface area contributed by atoms with E-state index < -0.39 is 0 Å². The van der Waals surface area contributed by atoms with E-state index in [1.807, 2.05) is 18.2 Å². The first-order valence-electron chi connectivity index (χ1n) is 9.45. The number of likely N-dealkylation sites (tertiary alicyclic amines) is 1. The molecule has 0 aliphatic carbocycles. The van der Waals surface area contributed by atoms with Gasteiger partial charge in [0.05, 0.1) is 18.7 Å². The highest BCUT2D eigenvalue weighted by Crippen LogP contribution is 2.28. The maximum Gasteiger partial charge on any atom is 0.234 e. The Bertz CT molecular complexity index is 549. The molecular formula is C20H31N3O2. The molecule has 5 nitrogen and oxygen atoms in total.